The molecule has 2 aliphatic heterocycles. The van der Waals surface area contributed by atoms with E-state index in [1.807, 2.05) is 19.1 Å². The van der Waals surface area contributed by atoms with Crippen molar-refractivity contribution >= 4 is 36.4 Å². The highest BCUT2D eigenvalue weighted by atomic mass is 35.5. The minimum absolute atomic E-state index is 0. The molecule has 1 aromatic rings. The first-order valence-corrected chi connectivity index (χ1v) is 8.26. The molecule has 0 aliphatic carbocycles. The van der Waals surface area contributed by atoms with Crippen LogP contribution in [-0.2, 0) is 16.1 Å². The van der Waals surface area contributed by atoms with Crippen molar-refractivity contribution in [3.63, 3.8) is 0 Å². The summed E-state index contributed by atoms with van der Waals surface area (Å²) in [7, 11) is 0. The Morgan fingerprint density at radius 2 is 2.04 bits per heavy atom. The summed E-state index contributed by atoms with van der Waals surface area (Å²) < 4.78 is 31.8. The lowest BCUT2D eigenvalue weighted by atomic mass is 10.1. The zero-order chi connectivity index (χ0) is 17.2. The van der Waals surface area contributed by atoms with Gasteiger partial charge < -0.3 is 15.0 Å². The van der Waals surface area contributed by atoms with E-state index in [4.69, 9.17) is 4.74 Å². The van der Waals surface area contributed by atoms with Gasteiger partial charge in [0.2, 0.25) is 5.91 Å². The van der Waals surface area contributed by atoms with Gasteiger partial charge in [-0.25, -0.2) is 8.78 Å². The average molecular weight is 412 g/mol. The van der Waals surface area contributed by atoms with Crippen LogP contribution in [0.2, 0.25) is 0 Å². The number of morpholine rings is 1. The van der Waals surface area contributed by atoms with Crippen molar-refractivity contribution in [3.05, 3.63) is 29.3 Å². The van der Waals surface area contributed by atoms with Crippen LogP contribution in [0, 0.1) is 6.92 Å². The maximum Gasteiger partial charge on any atom is 0.262 e. The molecule has 2 heterocycles. The zero-order valence-electron chi connectivity index (χ0n) is 14.6. The molecule has 0 radical (unpaired) electrons. The van der Waals surface area contributed by atoms with Crippen LogP contribution in [0.4, 0.5) is 14.5 Å². The summed E-state index contributed by atoms with van der Waals surface area (Å²) in [6, 6.07) is 5.25. The molecule has 9 heteroatoms. The van der Waals surface area contributed by atoms with E-state index in [0.717, 1.165) is 29.9 Å². The van der Waals surface area contributed by atoms with E-state index < -0.39 is 24.9 Å². The minimum Gasteiger partial charge on any atom is -0.378 e. The first-order valence-electron chi connectivity index (χ1n) is 8.26. The number of nitrogens with one attached hydrogen (secondary N) is 2. The molecule has 1 aromatic carbocycles. The third kappa shape index (κ3) is 5.67. The van der Waals surface area contributed by atoms with Gasteiger partial charge in [0.1, 0.15) is 0 Å². The summed E-state index contributed by atoms with van der Waals surface area (Å²) in [6.07, 6.45) is -0.441. The lowest BCUT2D eigenvalue weighted by molar-refractivity contribution is -0.123. The van der Waals surface area contributed by atoms with E-state index in [1.54, 1.807) is 0 Å². The Kier molecular flexibility index (Phi) is 8.53. The Labute approximate surface area is 164 Å². The number of rotatable bonds is 4. The second kappa shape index (κ2) is 9.69. The van der Waals surface area contributed by atoms with Crippen molar-refractivity contribution in [1.29, 1.82) is 0 Å². The van der Waals surface area contributed by atoms with Crippen molar-refractivity contribution in [2.75, 3.05) is 37.7 Å². The molecule has 3 rings (SSSR count). The molecule has 1 amide bonds. The minimum atomic E-state index is -2.80. The van der Waals surface area contributed by atoms with Crippen LogP contribution in [0.25, 0.3) is 0 Å². The van der Waals surface area contributed by atoms with Crippen molar-refractivity contribution in [2.24, 2.45) is 0 Å². The molecule has 0 saturated carbocycles. The Hall–Kier alpha value is -1.15. The quantitative estimate of drug-likeness (QED) is 0.797. The first-order chi connectivity index (χ1) is 11.4. The number of nitrogens with zero attached hydrogens (tertiary/aromatic N) is 1. The van der Waals surface area contributed by atoms with E-state index >= 15 is 0 Å². The van der Waals surface area contributed by atoms with Crippen molar-refractivity contribution in [1.82, 2.24) is 10.6 Å². The van der Waals surface area contributed by atoms with Crippen molar-refractivity contribution in [3.8, 4) is 0 Å². The third-order valence-electron chi connectivity index (χ3n) is 4.47. The highest BCUT2D eigenvalue weighted by Crippen LogP contribution is 2.26. The third-order valence-corrected chi connectivity index (χ3v) is 4.47. The highest BCUT2D eigenvalue weighted by molar-refractivity contribution is 5.85. The predicted molar refractivity (Wildman–Crippen MR) is 102 cm³/mol. The van der Waals surface area contributed by atoms with Gasteiger partial charge in [-0.2, -0.15) is 0 Å². The van der Waals surface area contributed by atoms with Crippen LogP contribution < -0.4 is 15.5 Å². The van der Waals surface area contributed by atoms with Crippen molar-refractivity contribution in [2.45, 2.75) is 31.9 Å². The fraction of sp³-hybridized carbons (Fsp3) is 0.588. The Morgan fingerprint density at radius 1 is 1.35 bits per heavy atom. The van der Waals surface area contributed by atoms with Gasteiger partial charge >= 0.3 is 0 Å². The number of aryl methyl sites for hydroxylation is 1. The number of halogens is 4. The van der Waals surface area contributed by atoms with Gasteiger partial charge in [0.25, 0.3) is 5.92 Å². The Balaban J connectivity index is 0.00000169. The molecule has 26 heavy (non-hydrogen) atoms. The largest absolute Gasteiger partial charge is 0.378 e. The predicted octanol–water partition coefficient (Wildman–Crippen LogP) is 2.29. The van der Waals surface area contributed by atoms with Gasteiger partial charge in [-0.05, 0) is 24.1 Å². The number of benzene rings is 1. The van der Waals surface area contributed by atoms with Crippen LogP contribution in [0.5, 0.6) is 0 Å². The second-order valence-electron chi connectivity index (χ2n) is 6.44. The van der Waals surface area contributed by atoms with E-state index in [-0.39, 0.29) is 30.7 Å². The number of carbonyl (C=O) groups is 1. The van der Waals surface area contributed by atoms with E-state index in [9.17, 15) is 13.6 Å². The monoisotopic (exact) mass is 411 g/mol. The summed E-state index contributed by atoms with van der Waals surface area (Å²) in [6.45, 7) is 4.89. The number of hydrogen-bond donors (Lipinski definition) is 2. The Bertz CT molecular complexity index is 614. The van der Waals surface area contributed by atoms with Crippen LogP contribution in [0.3, 0.4) is 0 Å². The lowest BCUT2D eigenvalue weighted by Gasteiger charge is -2.31. The van der Waals surface area contributed by atoms with Gasteiger partial charge in [0, 0.05) is 31.7 Å². The standard InChI is InChI=1S/C17H23F2N3O2.2ClH/c1-12-2-3-13(15(8-12)22-4-6-24-7-5-22)10-20-16(23)14-9-17(18,19)11-21-14;;/h2-3,8,14,21H,4-7,9-11H2,1H3,(H,20,23);2*1H. The maximum atomic E-state index is 13.2. The smallest absolute Gasteiger partial charge is 0.262 e. The van der Waals surface area contributed by atoms with E-state index in [1.165, 1.54) is 0 Å². The fourth-order valence-electron chi connectivity index (χ4n) is 3.13. The molecule has 0 aromatic heterocycles. The van der Waals surface area contributed by atoms with Gasteiger partial charge in [-0.15, -0.1) is 24.8 Å². The van der Waals surface area contributed by atoms with Crippen LogP contribution in [-0.4, -0.2) is 50.7 Å². The first kappa shape index (κ1) is 22.9. The van der Waals surface area contributed by atoms with Crippen LogP contribution in [0.1, 0.15) is 17.5 Å². The van der Waals surface area contributed by atoms with Gasteiger partial charge in [-0.3, -0.25) is 10.1 Å². The molecule has 0 bridgehead atoms. The summed E-state index contributed by atoms with van der Waals surface area (Å²) >= 11 is 0. The summed E-state index contributed by atoms with van der Waals surface area (Å²) in [5.74, 6) is -3.18. The molecule has 2 fully saturated rings. The number of amides is 1. The molecular formula is C17H25Cl2F2N3O2. The van der Waals surface area contributed by atoms with Crippen LogP contribution >= 0.6 is 24.8 Å². The summed E-state index contributed by atoms with van der Waals surface area (Å²) in [5, 5.41) is 5.37. The zero-order valence-corrected chi connectivity index (χ0v) is 16.2. The second-order valence-corrected chi connectivity index (χ2v) is 6.44. The summed E-state index contributed by atoms with van der Waals surface area (Å²) in [4.78, 5) is 14.4. The number of carbonyl (C=O) groups excluding carboxylic acids is 1. The van der Waals surface area contributed by atoms with E-state index in [0.29, 0.717) is 19.8 Å². The number of alkyl halides is 2. The lowest BCUT2D eigenvalue weighted by Crippen LogP contribution is -2.41. The molecule has 0 spiro atoms. The molecule has 2 saturated heterocycles. The molecule has 1 unspecified atom stereocenters. The normalized spacial score (nSPS) is 21.5. The average Bonchev–Trinajstić information content (AvgIpc) is 2.94. The molecular weight excluding hydrogens is 387 g/mol. The molecule has 1 atom stereocenters. The number of hydrogen-bond acceptors (Lipinski definition) is 4. The van der Waals surface area contributed by atoms with Crippen molar-refractivity contribution < 1.29 is 18.3 Å². The highest BCUT2D eigenvalue weighted by Gasteiger charge is 2.42. The van der Waals surface area contributed by atoms with Gasteiger partial charge in [0.15, 0.2) is 0 Å². The molecule has 5 nitrogen and oxygen atoms in total. The number of anilines is 1. The maximum absolute atomic E-state index is 13.2. The number of ether oxygens (including phenoxy) is 1. The van der Waals surface area contributed by atoms with E-state index in [2.05, 4.69) is 21.6 Å². The van der Waals surface area contributed by atoms with Gasteiger partial charge in [0.05, 0.1) is 25.8 Å². The molecule has 148 valence electrons. The fourth-order valence-corrected chi connectivity index (χ4v) is 3.13. The molecule has 2 aliphatic rings. The SMILES string of the molecule is Cc1ccc(CNC(=O)C2CC(F)(F)CN2)c(N2CCOCC2)c1.Cl.Cl. The molecule has 2 N–H and O–H groups in total. The van der Waals surface area contributed by atoms with Gasteiger partial charge in [-0.1, -0.05) is 12.1 Å². The summed E-state index contributed by atoms with van der Waals surface area (Å²) in [5.41, 5.74) is 3.20. The Morgan fingerprint density at radius 3 is 2.65 bits per heavy atom. The topological polar surface area (TPSA) is 53.6 Å². The van der Waals surface area contributed by atoms with Crippen LogP contribution in [0.15, 0.2) is 18.2 Å².